The van der Waals surface area contributed by atoms with Gasteiger partial charge in [-0.3, -0.25) is 0 Å². The lowest BCUT2D eigenvalue weighted by molar-refractivity contribution is 0.661. The Kier molecular flexibility index (Phi) is 6.02. The second-order valence-corrected chi connectivity index (χ2v) is 14.1. The highest BCUT2D eigenvalue weighted by Crippen LogP contribution is 2.52. The van der Waals surface area contributed by atoms with Crippen molar-refractivity contribution in [1.82, 2.24) is 0 Å². The Labute approximate surface area is 286 Å². The molecule has 9 aromatic rings. The highest BCUT2D eigenvalue weighted by Gasteiger charge is 2.36. The van der Waals surface area contributed by atoms with Gasteiger partial charge >= 0.3 is 0 Å². The third-order valence-electron chi connectivity index (χ3n) is 11.0. The monoisotopic (exact) mass is 622 g/mol. The molecule has 1 aliphatic rings. The molecule has 0 nitrogen and oxygen atoms in total. The van der Waals surface area contributed by atoms with Crippen LogP contribution >= 0.6 is 0 Å². The lowest BCUT2D eigenvalue weighted by Gasteiger charge is -2.22. The van der Waals surface area contributed by atoms with Crippen molar-refractivity contribution in [3.63, 3.8) is 0 Å². The summed E-state index contributed by atoms with van der Waals surface area (Å²) in [5, 5.41) is 10.3. The standard InChI is InChI=1S/C49H34/c1-49(2)45-27-24-32-13-4-7-20-40(32)48(45)43-26-23-35(30-46(43)49)39-19-10-9-18-38(39)33-15-11-16-36(28-33)47-41-21-8-5-14-34(41)29-44-37-17-6-3-12-31(37)22-25-42(44)47/h3-30H,1-2H3. The zero-order valence-corrected chi connectivity index (χ0v) is 27.7. The van der Waals surface area contributed by atoms with Gasteiger partial charge in [0.25, 0.3) is 0 Å². The molecule has 0 fully saturated rings. The van der Waals surface area contributed by atoms with Gasteiger partial charge in [-0.2, -0.15) is 0 Å². The van der Waals surface area contributed by atoms with E-state index in [0.717, 1.165) is 0 Å². The highest BCUT2D eigenvalue weighted by molar-refractivity contribution is 6.20. The van der Waals surface area contributed by atoms with E-state index in [1.807, 2.05) is 0 Å². The van der Waals surface area contributed by atoms with Crippen LogP contribution in [0.3, 0.4) is 0 Å². The minimum Gasteiger partial charge on any atom is -0.0616 e. The van der Waals surface area contributed by atoms with Crippen LogP contribution in [-0.4, -0.2) is 0 Å². The molecule has 0 aromatic heterocycles. The Morgan fingerprint density at radius 1 is 0.306 bits per heavy atom. The molecule has 0 atom stereocenters. The molecule has 0 amide bonds. The first kappa shape index (κ1) is 28.1. The zero-order chi connectivity index (χ0) is 32.7. The summed E-state index contributed by atoms with van der Waals surface area (Å²) in [7, 11) is 0. The van der Waals surface area contributed by atoms with Crippen molar-refractivity contribution in [3.05, 3.63) is 181 Å². The molecular formula is C49H34. The van der Waals surface area contributed by atoms with E-state index in [4.69, 9.17) is 0 Å². The molecule has 0 spiro atoms. The fraction of sp³-hybridized carbons (Fsp3) is 0.0612. The Balaban J connectivity index is 1.15. The number of hydrogen-bond donors (Lipinski definition) is 0. The van der Waals surface area contributed by atoms with Gasteiger partial charge in [-0.25, -0.2) is 0 Å². The molecule has 0 N–H and O–H groups in total. The lowest BCUT2D eigenvalue weighted by atomic mass is 9.81. The quantitative estimate of drug-likeness (QED) is 0.136. The molecule has 10 rings (SSSR count). The Morgan fingerprint density at radius 2 is 0.898 bits per heavy atom. The lowest BCUT2D eigenvalue weighted by Crippen LogP contribution is -2.15. The fourth-order valence-electron chi connectivity index (χ4n) is 8.63. The molecule has 0 unspecified atom stereocenters. The van der Waals surface area contributed by atoms with Crippen LogP contribution in [0.25, 0.3) is 87.6 Å². The zero-order valence-electron chi connectivity index (χ0n) is 27.7. The van der Waals surface area contributed by atoms with Gasteiger partial charge in [0.1, 0.15) is 0 Å². The van der Waals surface area contributed by atoms with Crippen LogP contribution in [0.5, 0.6) is 0 Å². The van der Waals surface area contributed by atoms with Gasteiger partial charge in [0.2, 0.25) is 0 Å². The first-order chi connectivity index (χ1) is 24.1. The maximum atomic E-state index is 2.45. The summed E-state index contributed by atoms with van der Waals surface area (Å²) in [4.78, 5) is 0. The molecule has 9 aromatic carbocycles. The van der Waals surface area contributed by atoms with Gasteiger partial charge in [0, 0.05) is 5.41 Å². The highest BCUT2D eigenvalue weighted by atomic mass is 14.4. The minimum atomic E-state index is -0.0842. The van der Waals surface area contributed by atoms with Crippen LogP contribution in [0, 0.1) is 0 Å². The van der Waals surface area contributed by atoms with Gasteiger partial charge in [0.05, 0.1) is 0 Å². The number of hydrogen-bond acceptors (Lipinski definition) is 0. The third-order valence-corrected chi connectivity index (χ3v) is 11.0. The van der Waals surface area contributed by atoms with Crippen LogP contribution in [0.2, 0.25) is 0 Å². The van der Waals surface area contributed by atoms with Crippen molar-refractivity contribution in [2.24, 2.45) is 0 Å². The molecule has 0 saturated carbocycles. The van der Waals surface area contributed by atoms with E-state index in [1.54, 1.807) is 0 Å². The topological polar surface area (TPSA) is 0 Å². The molecule has 1 aliphatic carbocycles. The minimum absolute atomic E-state index is 0.0842. The molecular weight excluding hydrogens is 589 g/mol. The molecule has 0 heterocycles. The van der Waals surface area contributed by atoms with E-state index < -0.39 is 0 Å². The van der Waals surface area contributed by atoms with Crippen LogP contribution in [-0.2, 0) is 5.41 Å². The van der Waals surface area contributed by atoms with Gasteiger partial charge in [-0.05, 0) is 117 Å². The molecule has 49 heavy (non-hydrogen) atoms. The van der Waals surface area contributed by atoms with E-state index in [1.165, 1.54) is 98.7 Å². The van der Waals surface area contributed by atoms with Gasteiger partial charge in [-0.1, -0.05) is 166 Å². The van der Waals surface area contributed by atoms with Gasteiger partial charge in [0.15, 0.2) is 0 Å². The van der Waals surface area contributed by atoms with Crippen molar-refractivity contribution in [2.45, 2.75) is 19.3 Å². The van der Waals surface area contributed by atoms with Crippen molar-refractivity contribution in [1.29, 1.82) is 0 Å². The molecule has 0 saturated heterocycles. The average Bonchev–Trinajstić information content (AvgIpc) is 3.39. The van der Waals surface area contributed by atoms with Gasteiger partial charge < -0.3 is 0 Å². The van der Waals surface area contributed by atoms with E-state index in [-0.39, 0.29) is 5.41 Å². The van der Waals surface area contributed by atoms with E-state index >= 15 is 0 Å². The number of benzene rings is 9. The summed E-state index contributed by atoms with van der Waals surface area (Å²) >= 11 is 0. The van der Waals surface area contributed by atoms with Crippen LogP contribution in [0.15, 0.2) is 170 Å². The summed E-state index contributed by atoms with van der Waals surface area (Å²) in [5.74, 6) is 0. The van der Waals surface area contributed by atoms with Crippen molar-refractivity contribution >= 4 is 43.1 Å². The first-order valence-electron chi connectivity index (χ1n) is 17.3. The molecule has 230 valence electrons. The Bertz CT molecular complexity index is 2800. The predicted molar refractivity (Wildman–Crippen MR) is 210 cm³/mol. The SMILES string of the molecule is CC1(C)c2cc(-c3ccccc3-c3cccc(-c4c5ccccc5cc5c4ccc4ccccc45)c3)ccc2-c2c1ccc1ccccc21. The summed E-state index contributed by atoms with van der Waals surface area (Å²) < 4.78 is 0. The van der Waals surface area contributed by atoms with E-state index in [2.05, 4.69) is 184 Å². The number of fused-ring (bicyclic) bond motifs is 9. The first-order valence-corrected chi connectivity index (χ1v) is 17.3. The van der Waals surface area contributed by atoms with E-state index in [9.17, 15) is 0 Å². The van der Waals surface area contributed by atoms with Crippen LogP contribution in [0.4, 0.5) is 0 Å². The maximum absolute atomic E-state index is 2.45. The molecule has 0 aliphatic heterocycles. The Morgan fingerprint density at radius 3 is 1.67 bits per heavy atom. The molecule has 0 heteroatoms. The number of rotatable bonds is 3. The second-order valence-electron chi connectivity index (χ2n) is 14.1. The van der Waals surface area contributed by atoms with Crippen LogP contribution in [0.1, 0.15) is 25.0 Å². The Hall–Kier alpha value is -5.98. The summed E-state index contributed by atoms with van der Waals surface area (Å²) in [5.41, 5.74) is 13.0. The molecule has 0 radical (unpaired) electrons. The van der Waals surface area contributed by atoms with Crippen molar-refractivity contribution < 1.29 is 0 Å². The third kappa shape index (κ3) is 4.17. The van der Waals surface area contributed by atoms with Crippen molar-refractivity contribution in [3.8, 4) is 44.5 Å². The largest absolute Gasteiger partial charge is 0.0616 e. The van der Waals surface area contributed by atoms with Crippen LogP contribution < -0.4 is 0 Å². The van der Waals surface area contributed by atoms with Crippen molar-refractivity contribution in [2.75, 3.05) is 0 Å². The fourth-order valence-corrected chi connectivity index (χ4v) is 8.63. The van der Waals surface area contributed by atoms with E-state index in [0.29, 0.717) is 0 Å². The normalized spacial score (nSPS) is 13.3. The summed E-state index contributed by atoms with van der Waals surface area (Å²) in [6, 6.07) is 63.2. The summed E-state index contributed by atoms with van der Waals surface area (Å²) in [6.45, 7) is 4.76. The maximum Gasteiger partial charge on any atom is 0.0159 e. The second kappa shape index (κ2) is 10.5. The smallest absolute Gasteiger partial charge is 0.0159 e. The summed E-state index contributed by atoms with van der Waals surface area (Å²) in [6.07, 6.45) is 0. The predicted octanol–water partition coefficient (Wildman–Crippen LogP) is 13.6. The molecule has 0 bridgehead atoms. The average molecular weight is 623 g/mol. The van der Waals surface area contributed by atoms with Gasteiger partial charge in [-0.15, -0.1) is 0 Å².